The fourth-order valence-electron chi connectivity index (χ4n) is 3.78. The average molecular weight is 399 g/mol. The van der Waals surface area contributed by atoms with Gasteiger partial charge in [0.25, 0.3) is 17.7 Å². The fourth-order valence-corrected chi connectivity index (χ4v) is 3.78. The zero-order valence-corrected chi connectivity index (χ0v) is 17.4. The second kappa shape index (κ2) is 8.76. The van der Waals surface area contributed by atoms with Crippen LogP contribution in [-0.2, 0) is 4.79 Å². The number of hydrogen-bond donors (Lipinski definition) is 0. The highest BCUT2D eigenvalue weighted by molar-refractivity contribution is 6.22. The summed E-state index contributed by atoms with van der Waals surface area (Å²) in [5.41, 5.74) is 1.07. The Kier molecular flexibility index (Phi) is 6.35. The summed E-state index contributed by atoms with van der Waals surface area (Å²) in [7, 11) is 0. The number of carbonyl (C=O) groups is 4. The van der Waals surface area contributed by atoms with Gasteiger partial charge in [0, 0.05) is 44.7 Å². The van der Waals surface area contributed by atoms with Crippen molar-refractivity contribution in [2.45, 2.75) is 40.0 Å². The van der Waals surface area contributed by atoms with Gasteiger partial charge in [-0.1, -0.05) is 27.2 Å². The summed E-state index contributed by atoms with van der Waals surface area (Å²) in [6.45, 7) is 8.32. The van der Waals surface area contributed by atoms with E-state index in [4.69, 9.17) is 0 Å². The van der Waals surface area contributed by atoms with Gasteiger partial charge in [0.05, 0.1) is 11.1 Å². The predicted octanol–water partition coefficient (Wildman–Crippen LogP) is 2.41. The summed E-state index contributed by atoms with van der Waals surface area (Å²) in [4.78, 5) is 54.9. The molecule has 0 atom stereocenters. The van der Waals surface area contributed by atoms with E-state index in [2.05, 4.69) is 6.92 Å². The van der Waals surface area contributed by atoms with Crippen LogP contribution >= 0.6 is 0 Å². The molecule has 1 fully saturated rings. The van der Waals surface area contributed by atoms with Crippen LogP contribution in [0, 0.1) is 5.92 Å². The highest BCUT2D eigenvalue weighted by Crippen LogP contribution is 2.25. The van der Waals surface area contributed by atoms with Crippen LogP contribution in [0.4, 0.5) is 0 Å². The van der Waals surface area contributed by atoms with Crippen molar-refractivity contribution in [2.24, 2.45) is 5.92 Å². The summed E-state index contributed by atoms with van der Waals surface area (Å²) >= 11 is 0. The summed E-state index contributed by atoms with van der Waals surface area (Å²) in [6.07, 6.45) is 2.42. The summed E-state index contributed by atoms with van der Waals surface area (Å²) in [5.74, 6) is -0.479. The van der Waals surface area contributed by atoms with Crippen molar-refractivity contribution in [3.05, 3.63) is 34.9 Å². The minimum atomic E-state index is -0.334. The van der Waals surface area contributed by atoms with Gasteiger partial charge in [-0.15, -0.1) is 0 Å². The Balaban J connectivity index is 1.67. The van der Waals surface area contributed by atoms with Crippen LogP contribution in [-0.4, -0.2) is 71.1 Å². The van der Waals surface area contributed by atoms with E-state index in [1.807, 2.05) is 18.7 Å². The number of piperazine rings is 1. The fraction of sp³-hybridized carbons (Fsp3) is 0.545. The second-order valence-corrected chi connectivity index (χ2v) is 8.15. The van der Waals surface area contributed by atoms with Crippen molar-refractivity contribution in [3.8, 4) is 0 Å². The molecule has 1 aromatic rings. The van der Waals surface area contributed by atoms with E-state index in [-0.39, 0.29) is 29.5 Å². The average Bonchev–Trinajstić information content (AvgIpc) is 2.95. The van der Waals surface area contributed by atoms with Gasteiger partial charge >= 0.3 is 0 Å². The Morgan fingerprint density at radius 1 is 0.966 bits per heavy atom. The summed E-state index contributed by atoms with van der Waals surface area (Å²) < 4.78 is 0. The van der Waals surface area contributed by atoms with Crippen molar-refractivity contribution in [1.29, 1.82) is 0 Å². The molecule has 7 nitrogen and oxygen atoms in total. The van der Waals surface area contributed by atoms with Crippen LogP contribution in [0.3, 0.4) is 0 Å². The van der Waals surface area contributed by atoms with Gasteiger partial charge in [-0.05, 0) is 30.5 Å². The lowest BCUT2D eigenvalue weighted by molar-refractivity contribution is -0.132. The zero-order chi connectivity index (χ0) is 21.1. The molecule has 2 aliphatic heterocycles. The van der Waals surface area contributed by atoms with Crippen LogP contribution in [0.25, 0.3) is 0 Å². The quantitative estimate of drug-likeness (QED) is 0.688. The van der Waals surface area contributed by atoms with Gasteiger partial charge < -0.3 is 9.80 Å². The topological polar surface area (TPSA) is 78.0 Å². The molecule has 2 aliphatic rings. The van der Waals surface area contributed by atoms with Crippen molar-refractivity contribution in [1.82, 2.24) is 14.7 Å². The third kappa shape index (κ3) is 4.33. The van der Waals surface area contributed by atoms with Gasteiger partial charge in [-0.2, -0.15) is 0 Å². The SMILES string of the molecule is CCCCC(=O)N1CCN(C(=O)c2ccc3c(c2)C(=O)N(CC(C)C)C3=O)CC1. The molecule has 3 rings (SSSR count). The number of unbranched alkanes of at least 4 members (excludes halogenated alkanes) is 1. The number of carbonyl (C=O) groups excluding carboxylic acids is 4. The summed E-state index contributed by atoms with van der Waals surface area (Å²) in [5, 5.41) is 0. The minimum Gasteiger partial charge on any atom is -0.339 e. The van der Waals surface area contributed by atoms with Crippen molar-refractivity contribution in [3.63, 3.8) is 0 Å². The van der Waals surface area contributed by atoms with Gasteiger partial charge in [0.15, 0.2) is 0 Å². The number of benzene rings is 1. The Labute approximate surface area is 171 Å². The molecule has 0 saturated carbocycles. The van der Waals surface area contributed by atoms with E-state index in [1.165, 1.54) is 11.0 Å². The number of amides is 4. The van der Waals surface area contributed by atoms with Crippen molar-refractivity contribution < 1.29 is 19.2 Å². The molecule has 29 heavy (non-hydrogen) atoms. The summed E-state index contributed by atoms with van der Waals surface area (Å²) in [6, 6.07) is 4.73. The normalized spacial score (nSPS) is 16.6. The Morgan fingerprint density at radius 2 is 1.59 bits per heavy atom. The van der Waals surface area contributed by atoms with Gasteiger partial charge in [-0.25, -0.2) is 0 Å². The lowest BCUT2D eigenvalue weighted by Gasteiger charge is -2.35. The molecular formula is C22H29N3O4. The van der Waals surface area contributed by atoms with E-state index >= 15 is 0 Å². The van der Waals surface area contributed by atoms with E-state index in [0.29, 0.717) is 55.8 Å². The first-order valence-corrected chi connectivity index (χ1v) is 10.4. The maximum absolute atomic E-state index is 12.9. The van der Waals surface area contributed by atoms with Gasteiger partial charge in [0.1, 0.15) is 0 Å². The standard InChI is InChI=1S/C22H29N3O4/c1-4-5-6-19(26)23-9-11-24(12-10-23)20(27)16-7-8-17-18(13-16)22(29)25(21(17)28)14-15(2)3/h7-8,13,15H,4-6,9-12,14H2,1-3H3. The zero-order valence-electron chi connectivity index (χ0n) is 17.4. The molecule has 4 amide bonds. The van der Waals surface area contributed by atoms with Crippen LogP contribution < -0.4 is 0 Å². The first-order chi connectivity index (χ1) is 13.8. The number of hydrogen-bond acceptors (Lipinski definition) is 4. The van der Waals surface area contributed by atoms with Crippen LogP contribution in [0.15, 0.2) is 18.2 Å². The third-order valence-electron chi connectivity index (χ3n) is 5.43. The molecule has 7 heteroatoms. The smallest absolute Gasteiger partial charge is 0.261 e. The molecule has 156 valence electrons. The minimum absolute atomic E-state index is 0.144. The van der Waals surface area contributed by atoms with E-state index in [9.17, 15) is 19.2 Å². The first-order valence-electron chi connectivity index (χ1n) is 10.4. The number of nitrogens with zero attached hydrogens (tertiary/aromatic N) is 3. The van der Waals surface area contributed by atoms with E-state index in [0.717, 1.165) is 12.8 Å². The maximum atomic E-state index is 12.9. The molecule has 0 aromatic heterocycles. The lowest BCUT2D eigenvalue weighted by Crippen LogP contribution is -2.50. The molecule has 2 heterocycles. The van der Waals surface area contributed by atoms with Gasteiger partial charge in [0.2, 0.25) is 5.91 Å². The Bertz CT molecular complexity index is 825. The molecule has 1 aromatic carbocycles. The van der Waals surface area contributed by atoms with Gasteiger partial charge in [-0.3, -0.25) is 24.1 Å². The largest absolute Gasteiger partial charge is 0.339 e. The van der Waals surface area contributed by atoms with Crippen LogP contribution in [0.1, 0.15) is 71.1 Å². The highest BCUT2D eigenvalue weighted by Gasteiger charge is 2.36. The second-order valence-electron chi connectivity index (χ2n) is 8.15. The molecule has 0 spiro atoms. The lowest BCUT2D eigenvalue weighted by atomic mass is 10.0. The molecule has 0 aliphatic carbocycles. The maximum Gasteiger partial charge on any atom is 0.261 e. The highest BCUT2D eigenvalue weighted by atomic mass is 16.2. The molecule has 0 radical (unpaired) electrons. The van der Waals surface area contributed by atoms with E-state index in [1.54, 1.807) is 17.0 Å². The number of rotatable bonds is 6. The molecular weight excluding hydrogens is 370 g/mol. The number of fused-ring (bicyclic) bond motifs is 1. The molecule has 1 saturated heterocycles. The third-order valence-corrected chi connectivity index (χ3v) is 5.43. The Morgan fingerprint density at radius 3 is 2.21 bits per heavy atom. The van der Waals surface area contributed by atoms with Crippen LogP contribution in [0.2, 0.25) is 0 Å². The van der Waals surface area contributed by atoms with E-state index < -0.39 is 0 Å². The Hall–Kier alpha value is -2.70. The monoisotopic (exact) mass is 399 g/mol. The molecule has 0 bridgehead atoms. The molecule has 0 N–H and O–H groups in total. The first kappa shape index (κ1) is 21.0. The number of imide groups is 1. The van der Waals surface area contributed by atoms with Crippen molar-refractivity contribution in [2.75, 3.05) is 32.7 Å². The molecule has 0 unspecified atom stereocenters. The van der Waals surface area contributed by atoms with Crippen molar-refractivity contribution >= 4 is 23.6 Å². The van der Waals surface area contributed by atoms with Crippen LogP contribution in [0.5, 0.6) is 0 Å². The predicted molar refractivity (Wildman–Crippen MR) is 109 cm³/mol.